The van der Waals surface area contributed by atoms with Crippen LogP contribution in [0.2, 0.25) is 0 Å². The molecule has 0 saturated carbocycles. The number of ether oxygens (including phenoxy) is 1. The summed E-state index contributed by atoms with van der Waals surface area (Å²) in [7, 11) is 3.81. The molecule has 0 radical (unpaired) electrons. The zero-order chi connectivity index (χ0) is 18.6. The van der Waals surface area contributed by atoms with Crippen LogP contribution in [0.25, 0.3) is 0 Å². The summed E-state index contributed by atoms with van der Waals surface area (Å²) in [5.74, 6) is 1.70. The van der Waals surface area contributed by atoms with E-state index < -0.39 is 0 Å². The van der Waals surface area contributed by atoms with Crippen LogP contribution in [0.4, 0.5) is 0 Å². The molecule has 0 amide bonds. The third kappa shape index (κ3) is 7.15. The number of rotatable bonds is 9. The van der Waals surface area contributed by atoms with E-state index in [9.17, 15) is 0 Å². The summed E-state index contributed by atoms with van der Waals surface area (Å²) in [6.45, 7) is 6.26. The van der Waals surface area contributed by atoms with Gasteiger partial charge in [0.05, 0.1) is 13.7 Å². The molecule has 0 heterocycles. The van der Waals surface area contributed by atoms with Gasteiger partial charge in [-0.15, -0.1) is 0 Å². The van der Waals surface area contributed by atoms with Crippen molar-refractivity contribution in [3.05, 3.63) is 65.7 Å². The number of methoxy groups -OCH3 is 1. The first-order chi connectivity index (χ1) is 12.7. The maximum absolute atomic E-state index is 5.26. The van der Waals surface area contributed by atoms with Gasteiger partial charge < -0.3 is 20.3 Å². The summed E-state index contributed by atoms with van der Waals surface area (Å²) in [6, 6.07) is 18.5. The highest BCUT2D eigenvalue weighted by Gasteiger charge is 2.02. The SMILES string of the molecule is CCNC(=NCc1cccc(OC)c1)NCCN(C)Cc1ccccc1. The van der Waals surface area contributed by atoms with Crippen molar-refractivity contribution >= 4 is 5.96 Å². The van der Waals surface area contributed by atoms with Crippen LogP contribution in [0.15, 0.2) is 59.6 Å². The number of likely N-dealkylation sites (N-methyl/N-ethyl adjacent to an activating group) is 1. The van der Waals surface area contributed by atoms with E-state index >= 15 is 0 Å². The minimum absolute atomic E-state index is 0.617. The monoisotopic (exact) mass is 354 g/mol. The summed E-state index contributed by atoms with van der Waals surface area (Å²) in [5.41, 5.74) is 2.45. The Morgan fingerprint density at radius 1 is 1.04 bits per heavy atom. The zero-order valence-corrected chi connectivity index (χ0v) is 16.0. The molecule has 0 saturated heterocycles. The van der Waals surface area contributed by atoms with Gasteiger partial charge in [0.1, 0.15) is 5.75 Å². The second kappa shape index (κ2) is 11.2. The summed E-state index contributed by atoms with van der Waals surface area (Å²) in [5, 5.41) is 6.70. The van der Waals surface area contributed by atoms with Crippen molar-refractivity contribution in [1.29, 1.82) is 0 Å². The Kier molecular flexibility index (Phi) is 8.49. The number of aliphatic imine (C=N–C) groups is 1. The maximum Gasteiger partial charge on any atom is 0.191 e. The molecule has 2 aromatic rings. The molecule has 0 unspecified atom stereocenters. The Balaban J connectivity index is 1.81. The number of benzene rings is 2. The zero-order valence-electron chi connectivity index (χ0n) is 16.0. The van der Waals surface area contributed by atoms with Crippen molar-refractivity contribution in [2.75, 3.05) is 33.8 Å². The summed E-state index contributed by atoms with van der Waals surface area (Å²) >= 11 is 0. The molecule has 0 aliphatic rings. The lowest BCUT2D eigenvalue weighted by Gasteiger charge is -2.18. The average molecular weight is 354 g/mol. The van der Waals surface area contributed by atoms with Gasteiger partial charge in [0.15, 0.2) is 5.96 Å². The fourth-order valence-corrected chi connectivity index (χ4v) is 2.62. The van der Waals surface area contributed by atoms with Crippen molar-refractivity contribution in [2.45, 2.75) is 20.0 Å². The smallest absolute Gasteiger partial charge is 0.191 e. The van der Waals surface area contributed by atoms with Crippen LogP contribution >= 0.6 is 0 Å². The molecule has 0 aliphatic heterocycles. The van der Waals surface area contributed by atoms with E-state index in [1.165, 1.54) is 5.56 Å². The predicted octanol–water partition coefficient (Wildman–Crippen LogP) is 2.88. The maximum atomic E-state index is 5.26. The Bertz CT molecular complexity index is 673. The molecule has 0 bridgehead atoms. The summed E-state index contributed by atoms with van der Waals surface area (Å²) in [6.07, 6.45) is 0. The molecule has 0 atom stereocenters. The first-order valence-electron chi connectivity index (χ1n) is 9.09. The Morgan fingerprint density at radius 2 is 1.81 bits per heavy atom. The molecule has 0 aliphatic carbocycles. The molecule has 2 N–H and O–H groups in total. The third-order valence-corrected chi connectivity index (χ3v) is 3.98. The Morgan fingerprint density at radius 3 is 2.54 bits per heavy atom. The van der Waals surface area contributed by atoms with E-state index in [1.54, 1.807) is 7.11 Å². The van der Waals surface area contributed by atoms with Crippen LogP contribution in [0.5, 0.6) is 5.75 Å². The van der Waals surface area contributed by atoms with E-state index in [0.717, 1.165) is 43.5 Å². The quantitative estimate of drug-likeness (QED) is 0.537. The van der Waals surface area contributed by atoms with Gasteiger partial charge in [0, 0.05) is 26.2 Å². The highest BCUT2D eigenvalue weighted by Crippen LogP contribution is 2.13. The predicted molar refractivity (Wildman–Crippen MR) is 109 cm³/mol. The second-order valence-electron chi connectivity index (χ2n) is 6.20. The van der Waals surface area contributed by atoms with Crippen molar-refractivity contribution in [2.24, 2.45) is 4.99 Å². The first-order valence-corrected chi connectivity index (χ1v) is 9.09. The van der Waals surface area contributed by atoms with E-state index in [4.69, 9.17) is 4.74 Å². The summed E-state index contributed by atoms with van der Waals surface area (Å²) in [4.78, 5) is 6.96. The number of nitrogens with one attached hydrogen (secondary N) is 2. The van der Waals surface area contributed by atoms with Crippen LogP contribution in [0, 0.1) is 0 Å². The third-order valence-electron chi connectivity index (χ3n) is 3.98. The van der Waals surface area contributed by atoms with Gasteiger partial charge in [-0.2, -0.15) is 0 Å². The van der Waals surface area contributed by atoms with Crippen LogP contribution < -0.4 is 15.4 Å². The van der Waals surface area contributed by atoms with Crippen LogP contribution in [0.3, 0.4) is 0 Å². The fraction of sp³-hybridized carbons (Fsp3) is 0.381. The van der Waals surface area contributed by atoms with E-state index in [-0.39, 0.29) is 0 Å². The normalized spacial score (nSPS) is 11.5. The van der Waals surface area contributed by atoms with Crippen LogP contribution in [0.1, 0.15) is 18.1 Å². The number of nitrogens with zero attached hydrogens (tertiary/aromatic N) is 2. The standard InChI is InChI=1S/C21H30N4O/c1-4-22-21(24-16-19-11-8-12-20(15-19)26-3)23-13-14-25(2)17-18-9-6-5-7-10-18/h5-12,15H,4,13-14,16-17H2,1-3H3,(H2,22,23,24). The lowest BCUT2D eigenvalue weighted by molar-refractivity contribution is 0.331. The second-order valence-corrected chi connectivity index (χ2v) is 6.20. The van der Waals surface area contributed by atoms with Gasteiger partial charge in [0.25, 0.3) is 0 Å². The highest BCUT2D eigenvalue weighted by molar-refractivity contribution is 5.79. The van der Waals surface area contributed by atoms with Gasteiger partial charge >= 0.3 is 0 Å². The van der Waals surface area contributed by atoms with Crippen molar-refractivity contribution in [1.82, 2.24) is 15.5 Å². The molecule has 5 heteroatoms. The number of guanidine groups is 1. The molecular weight excluding hydrogens is 324 g/mol. The van der Waals surface area contributed by atoms with Gasteiger partial charge in [-0.3, -0.25) is 0 Å². The molecule has 0 aromatic heterocycles. The molecule has 26 heavy (non-hydrogen) atoms. The van der Waals surface area contributed by atoms with Crippen molar-refractivity contribution < 1.29 is 4.74 Å². The van der Waals surface area contributed by atoms with Crippen LogP contribution in [-0.2, 0) is 13.1 Å². The van der Waals surface area contributed by atoms with E-state index in [1.807, 2.05) is 24.3 Å². The topological polar surface area (TPSA) is 48.9 Å². The Hall–Kier alpha value is -2.53. The molecular formula is C21H30N4O. The van der Waals surface area contributed by atoms with E-state index in [2.05, 4.69) is 64.8 Å². The largest absolute Gasteiger partial charge is 0.497 e. The Labute approximate surface area is 157 Å². The van der Waals surface area contributed by atoms with Gasteiger partial charge in [-0.05, 0) is 37.2 Å². The van der Waals surface area contributed by atoms with Gasteiger partial charge in [0.2, 0.25) is 0 Å². The van der Waals surface area contributed by atoms with Gasteiger partial charge in [-0.1, -0.05) is 42.5 Å². The minimum atomic E-state index is 0.617. The number of hydrogen-bond acceptors (Lipinski definition) is 3. The van der Waals surface area contributed by atoms with Gasteiger partial charge in [-0.25, -0.2) is 4.99 Å². The molecule has 2 rings (SSSR count). The minimum Gasteiger partial charge on any atom is -0.497 e. The first kappa shape index (κ1) is 19.8. The van der Waals surface area contributed by atoms with Crippen molar-refractivity contribution in [3.8, 4) is 5.75 Å². The molecule has 0 spiro atoms. The fourth-order valence-electron chi connectivity index (χ4n) is 2.62. The average Bonchev–Trinajstić information content (AvgIpc) is 2.67. The number of hydrogen-bond donors (Lipinski definition) is 2. The van der Waals surface area contributed by atoms with Crippen LogP contribution in [-0.4, -0.2) is 44.7 Å². The molecule has 0 fully saturated rings. The lowest BCUT2D eigenvalue weighted by Crippen LogP contribution is -2.40. The summed E-state index contributed by atoms with van der Waals surface area (Å²) < 4.78 is 5.26. The van der Waals surface area contributed by atoms with Crippen molar-refractivity contribution in [3.63, 3.8) is 0 Å². The molecule has 140 valence electrons. The lowest BCUT2D eigenvalue weighted by atomic mass is 10.2. The highest BCUT2D eigenvalue weighted by atomic mass is 16.5. The molecule has 2 aromatic carbocycles. The molecule has 5 nitrogen and oxygen atoms in total. The van der Waals surface area contributed by atoms with E-state index in [0.29, 0.717) is 6.54 Å².